The van der Waals surface area contributed by atoms with Gasteiger partial charge in [0.1, 0.15) is 0 Å². The number of nitro groups is 1. The van der Waals surface area contributed by atoms with E-state index >= 15 is 0 Å². The van der Waals surface area contributed by atoms with Gasteiger partial charge in [0, 0.05) is 16.5 Å². The van der Waals surface area contributed by atoms with E-state index in [2.05, 4.69) is 0 Å². The highest BCUT2D eigenvalue weighted by Gasteiger charge is 2.12. The number of rotatable bonds is 2. The lowest BCUT2D eigenvalue weighted by Crippen LogP contribution is -1.93. The summed E-state index contributed by atoms with van der Waals surface area (Å²) in [4.78, 5) is 11.3. The van der Waals surface area contributed by atoms with Crippen LogP contribution in [-0.4, -0.2) is 11.2 Å². The smallest absolute Gasteiger partial charge is 0.258 e. The van der Waals surface area contributed by atoms with E-state index in [1.54, 1.807) is 24.8 Å². The fraction of sp³-hybridized carbons (Fsp3) is 0.333. The lowest BCUT2D eigenvalue weighted by Gasteiger charge is -2.04. The molecular weight excluding hydrogens is 186 g/mol. The molecule has 1 aromatic rings. The largest absolute Gasteiger partial charge is 0.272 e. The van der Waals surface area contributed by atoms with Gasteiger partial charge in [0.05, 0.1) is 4.92 Å². The minimum Gasteiger partial charge on any atom is -0.258 e. The van der Waals surface area contributed by atoms with Gasteiger partial charge in [-0.25, -0.2) is 0 Å². The summed E-state index contributed by atoms with van der Waals surface area (Å²) in [6, 6.07) is 3.49. The van der Waals surface area contributed by atoms with Gasteiger partial charge in [-0.2, -0.15) is 0 Å². The van der Waals surface area contributed by atoms with Crippen LogP contribution in [0, 0.1) is 24.0 Å². The highest BCUT2D eigenvalue weighted by Crippen LogP contribution is 2.27. The molecule has 1 aromatic carbocycles. The van der Waals surface area contributed by atoms with E-state index in [0.29, 0.717) is 0 Å². The lowest BCUT2D eigenvalue weighted by molar-refractivity contribution is -0.385. The lowest BCUT2D eigenvalue weighted by atomic mass is 10.1. The third-order valence-corrected chi connectivity index (χ3v) is 2.79. The van der Waals surface area contributed by atoms with Gasteiger partial charge >= 0.3 is 0 Å². The monoisotopic (exact) mass is 197 g/mol. The van der Waals surface area contributed by atoms with Gasteiger partial charge in [-0.05, 0) is 31.7 Å². The minimum atomic E-state index is -0.341. The maximum absolute atomic E-state index is 10.6. The van der Waals surface area contributed by atoms with E-state index in [1.807, 2.05) is 19.2 Å². The summed E-state index contributed by atoms with van der Waals surface area (Å²) >= 11 is 1.61. The van der Waals surface area contributed by atoms with Crippen molar-refractivity contribution in [1.29, 1.82) is 0 Å². The number of aryl methyl sites for hydroxylation is 2. The molecule has 0 bridgehead atoms. The molecule has 0 aliphatic heterocycles. The molecule has 3 nitrogen and oxygen atoms in total. The van der Waals surface area contributed by atoms with Crippen molar-refractivity contribution in [3.8, 4) is 0 Å². The summed E-state index contributed by atoms with van der Waals surface area (Å²) in [5.41, 5.74) is 1.89. The zero-order valence-corrected chi connectivity index (χ0v) is 8.64. The Morgan fingerprint density at radius 2 is 1.92 bits per heavy atom. The van der Waals surface area contributed by atoms with Crippen LogP contribution in [0.1, 0.15) is 11.1 Å². The quantitative estimate of drug-likeness (QED) is 0.416. The molecule has 0 heterocycles. The van der Waals surface area contributed by atoms with E-state index in [4.69, 9.17) is 0 Å². The third kappa shape index (κ3) is 2.01. The molecule has 0 aliphatic rings. The second-order valence-corrected chi connectivity index (χ2v) is 3.71. The first kappa shape index (κ1) is 10.1. The summed E-state index contributed by atoms with van der Waals surface area (Å²) in [5, 5.41) is 10.6. The summed E-state index contributed by atoms with van der Waals surface area (Å²) in [5.74, 6) is 0. The van der Waals surface area contributed by atoms with E-state index in [-0.39, 0.29) is 10.6 Å². The average molecular weight is 197 g/mol. The Hall–Kier alpha value is -1.03. The number of benzene rings is 1. The van der Waals surface area contributed by atoms with E-state index in [0.717, 1.165) is 16.0 Å². The molecule has 0 radical (unpaired) electrons. The Kier molecular flexibility index (Phi) is 2.93. The van der Waals surface area contributed by atoms with Crippen molar-refractivity contribution in [3.05, 3.63) is 33.4 Å². The van der Waals surface area contributed by atoms with Crippen molar-refractivity contribution in [3.63, 3.8) is 0 Å². The van der Waals surface area contributed by atoms with Crippen molar-refractivity contribution >= 4 is 17.4 Å². The molecule has 0 saturated carbocycles. The molecule has 4 heteroatoms. The van der Waals surface area contributed by atoms with Crippen LogP contribution in [0.15, 0.2) is 17.0 Å². The van der Waals surface area contributed by atoms with Crippen LogP contribution in [0.4, 0.5) is 5.69 Å². The highest BCUT2D eigenvalue weighted by molar-refractivity contribution is 7.98. The highest BCUT2D eigenvalue weighted by atomic mass is 32.2. The molecule has 0 saturated heterocycles. The molecule has 0 amide bonds. The summed E-state index contributed by atoms with van der Waals surface area (Å²) in [7, 11) is 0. The van der Waals surface area contributed by atoms with Crippen LogP contribution in [0.2, 0.25) is 0 Å². The molecular formula is C9H11NO2S. The fourth-order valence-corrected chi connectivity index (χ4v) is 1.87. The number of nitro benzene ring substituents is 1. The molecule has 1 rings (SSSR count). The second kappa shape index (κ2) is 3.79. The van der Waals surface area contributed by atoms with Crippen molar-refractivity contribution in [1.82, 2.24) is 0 Å². The molecule has 13 heavy (non-hydrogen) atoms. The first-order valence-corrected chi connectivity index (χ1v) is 5.08. The number of hydrogen-bond donors (Lipinski definition) is 0. The fourth-order valence-electron chi connectivity index (χ4n) is 1.19. The third-order valence-electron chi connectivity index (χ3n) is 1.91. The SMILES string of the molecule is CSc1cc(C)c([N+](=O)[O-])cc1C. The predicted octanol–water partition coefficient (Wildman–Crippen LogP) is 2.93. The van der Waals surface area contributed by atoms with Crippen molar-refractivity contribution in [2.45, 2.75) is 18.7 Å². The standard InChI is InChI=1S/C9H11NO2S/c1-6-5-9(13-3)7(2)4-8(6)10(11)12/h4-5H,1-3H3. The molecule has 0 fully saturated rings. The van der Waals surface area contributed by atoms with Gasteiger partial charge in [-0.1, -0.05) is 0 Å². The first-order chi connectivity index (χ1) is 6.06. The number of hydrogen-bond acceptors (Lipinski definition) is 3. The Morgan fingerprint density at radius 3 is 2.38 bits per heavy atom. The molecule has 0 aromatic heterocycles. The zero-order chi connectivity index (χ0) is 10.0. The summed E-state index contributed by atoms with van der Waals surface area (Å²) in [6.45, 7) is 3.65. The second-order valence-electron chi connectivity index (χ2n) is 2.87. The van der Waals surface area contributed by atoms with Crippen molar-refractivity contribution in [2.75, 3.05) is 6.26 Å². The Bertz CT molecular complexity index is 350. The summed E-state index contributed by atoms with van der Waals surface area (Å²) in [6.07, 6.45) is 1.97. The van der Waals surface area contributed by atoms with Crippen LogP contribution >= 0.6 is 11.8 Å². The van der Waals surface area contributed by atoms with Crippen LogP contribution in [0.5, 0.6) is 0 Å². The molecule has 0 N–H and O–H groups in total. The molecule has 0 aliphatic carbocycles. The average Bonchev–Trinajstić information content (AvgIpc) is 2.07. The first-order valence-electron chi connectivity index (χ1n) is 3.86. The van der Waals surface area contributed by atoms with Gasteiger partial charge in [0.25, 0.3) is 5.69 Å². The predicted molar refractivity (Wildman–Crippen MR) is 54.4 cm³/mol. The Balaban J connectivity index is 3.28. The zero-order valence-electron chi connectivity index (χ0n) is 7.83. The maximum Gasteiger partial charge on any atom is 0.272 e. The minimum absolute atomic E-state index is 0.204. The number of nitrogens with zero attached hydrogens (tertiary/aromatic N) is 1. The molecule has 0 atom stereocenters. The van der Waals surface area contributed by atoms with Gasteiger partial charge in [-0.15, -0.1) is 11.8 Å². The topological polar surface area (TPSA) is 43.1 Å². The number of thioether (sulfide) groups is 1. The normalized spacial score (nSPS) is 10.1. The molecule has 0 spiro atoms. The maximum atomic E-state index is 10.6. The van der Waals surface area contributed by atoms with E-state index in [1.165, 1.54) is 0 Å². The van der Waals surface area contributed by atoms with Gasteiger partial charge in [0.15, 0.2) is 0 Å². The van der Waals surface area contributed by atoms with E-state index < -0.39 is 0 Å². The van der Waals surface area contributed by atoms with Crippen LogP contribution in [0.25, 0.3) is 0 Å². The van der Waals surface area contributed by atoms with Crippen LogP contribution in [-0.2, 0) is 0 Å². The summed E-state index contributed by atoms with van der Waals surface area (Å²) < 4.78 is 0. The van der Waals surface area contributed by atoms with Gasteiger partial charge in [-0.3, -0.25) is 10.1 Å². The van der Waals surface area contributed by atoms with E-state index in [9.17, 15) is 10.1 Å². The molecule has 0 unspecified atom stereocenters. The van der Waals surface area contributed by atoms with Gasteiger partial charge < -0.3 is 0 Å². The molecule has 70 valence electrons. The van der Waals surface area contributed by atoms with Gasteiger partial charge in [0.2, 0.25) is 0 Å². The Morgan fingerprint density at radius 1 is 1.31 bits per heavy atom. The Labute approximate surface area is 81.3 Å². The van der Waals surface area contributed by atoms with Crippen LogP contribution in [0.3, 0.4) is 0 Å². The van der Waals surface area contributed by atoms with Crippen molar-refractivity contribution < 1.29 is 4.92 Å². The van der Waals surface area contributed by atoms with Crippen molar-refractivity contribution in [2.24, 2.45) is 0 Å². The van der Waals surface area contributed by atoms with Crippen LogP contribution < -0.4 is 0 Å².